The Labute approximate surface area is 342 Å². The molecule has 0 aliphatic carbocycles. The summed E-state index contributed by atoms with van der Waals surface area (Å²) >= 11 is 0. The van der Waals surface area contributed by atoms with Crippen LogP contribution in [0.5, 0.6) is 0 Å². The second kappa shape index (κ2) is 42.0. The maximum Gasteiger partial charge on any atom is 0.306 e. The van der Waals surface area contributed by atoms with E-state index in [9.17, 15) is 14.4 Å². The van der Waals surface area contributed by atoms with Gasteiger partial charge in [-0.15, -0.1) is 0 Å². The minimum Gasteiger partial charge on any atom is -0.462 e. The highest BCUT2D eigenvalue weighted by atomic mass is 16.6. The van der Waals surface area contributed by atoms with Crippen molar-refractivity contribution in [1.29, 1.82) is 0 Å². The van der Waals surface area contributed by atoms with Crippen molar-refractivity contribution in [3.05, 3.63) is 0 Å². The van der Waals surface area contributed by atoms with Crippen molar-refractivity contribution in [1.82, 2.24) is 0 Å². The third kappa shape index (κ3) is 43.4. The minimum atomic E-state index is -0.761. The lowest BCUT2D eigenvalue weighted by molar-refractivity contribution is -0.167. The summed E-state index contributed by atoms with van der Waals surface area (Å²) in [4.78, 5) is 37.8. The van der Waals surface area contributed by atoms with Gasteiger partial charge >= 0.3 is 17.9 Å². The molecule has 326 valence electrons. The molecule has 0 aromatic carbocycles. The molecule has 0 rings (SSSR count). The number of carbonyl (C=O) groups is 3. The first-order chi connectivity index (χ1) is 26.7. The van der Waals surface area contributed by atoms with E-state index in [0.29, 0.717) is 19.3 Å². The molecular weight excluding hydrogens is 685 g/mol. The van der Waals surface area contributed by atoms with Crippen LogP contribution in [-0.4, -0.2) is 37.2 Å². The highest BCUT2D eigenvalue weighted by molar-refractivity contribution is 5.71. The van der Waals surface area contributed by atoms with Gasteiger partial charge in [-0.2, -0.15) is 0 Å². The van der Waals surface area contributed by atoms with Crippen LogP contribution >= 0.6 is 0 Å². The lowest BCUT2D eigenvalue weighted by atomic mass is 10.0. The first kappa shape index (κ1) is 53.4. The van der Waals surface area contributed by atoms with Crippen molar-refractivity contribution in [3.63, 3.8) is 0 Å². The molecule has 0 fully saturated rings. The van der Waals surface area contributed by atoms with E-state index in [1.165, 1.54) is 154 Å². The van der Waals surface area contributed by atoms with E-state index >= 15 is 0 Å². The molecule has 0 bridgehead atoms. The van der Waals surface area contributed by atoms with Gasteiger partial charge in [0, 0.05) is 19.3 Å². The van der Waals surface area contributed by atoms with Crippen molar-refractivity contribution < 1.29 is 28.6 Å². The standard InChI is InChI=1S/C49H94O6/c1-6-7-8-9-10-11-12-13-14-15-19-24-29-34-39-47(50)53-42-46(55-49(52)41-36-31-26-21-23-28-33-38-45(4)5)43-54-48(51)40-35-30-25-20-17-16-18-22-27-32-37-44(2)3/h44-46H,6-43H2,1-5H3/t46-/m0/s1. The Morgan fingerprint density at radius 3 is 0.891 bits per heavy atom. The number of ether oxygens (including phenoxy) is 3. The molecule has 0 N–H and O–H groups in total. The molecule has 0 aromatic rings. The van der Waals surface area contributed by atoms with Gasteiger partial charge in [-0.1, -0.05) is 227 Å². The van der Waals surface area contributed by atoms with Crippen molar-refractivity contribution in [2.24, 2.45) is 11.8 Å². The molecular formula is C49H94O6. The minimum absolute atomic E-state index is 0.0649. The van der Waals surface area contributed by atoms with Crippen LogP contribution in [0.15, 0.2) is 0 Å². The summed E-state index contributed by atoms with van der Waals surface area (Å²) in [5.41, 5.74) is 0. The lowest BCUT2D eigenvalue weighted by Gasteiger charge is -2.18. The largest absolute Gasteiger partial charge is 0.462 e. The quantitative estimate of drug-likeness (QED) is 0.0348. The molecule has 0 saturated heterocycles. The molecule has 1 atom stereocenters. The third-order valence-electron chi connectivity index (χ3n) is 11.0. The highest BCUT2D eigenvalue weighted by Gasteiger charge is 2.19. The Hall–Kier alpha value is -1.59. The Morgan fingerprint density at radius 1 is 0.345 bits per heavy atom. The van der Waals surface area contributed by atoms with Crippen molar-refractivity contribution in [2.45, 2.75) is 272 Å². The summed E-state index contributed by atoms with van der Waals surface area (Å²) in [6.07, 6.45) is 40.9. The van der Waals surface area contributed by atoms with E-state index in [1.807, 2.05) is 0 Å². The van der Waals surface area contributed by atoms with Gasteiger partial charge in [0.15, 0.2) is 6.10 Å². The van der Waals surface area contributed by atoms with Gasteiger partial charge < -0.3 is 14.2 Å². The number of esters is 3. The fourth-order valence-corrected chi connectivity index (χ4v) is 7.28. The van der Waals surface area contributed by atoms with Crippen LogP contribution < -0.4 is 0 Å². The van der Waals surface area contributed by atoms with Crippen molar-refractivity contribution in [2.75, 3.05) is 13.2 Å². The van der Waals surface area contributed by atoms with Gasteiger partial charge in [0.05, 0.1) is 0 Å². The molecule has 0 amide bonds. The molecule has 0 aromatic heterocycles. The van der Waals surface area contributed by atoms with Crippen LogP contribution in [0.25, 0.3) is 0 Å². The Balaban J connectivity index is 4.30. The van der Waals surface area contributed by atoms with E-state index in [0.717, 1.165) is 69.6 Å². The zero-order valence-electron chi connectivity index (χ0n) is 37.6. The van der Waals surface area contributed by atoms with E-state index in [1.54, 1.807) is 0 Å². The predicted molar refractivity (Wildman–Crippen MR) is 233 cm³/mol. The number of hydrogen-bond donors (Lipinski definition) is 0. The summed E-state index contributed by atoms with van der Waals surface area (Å²) in [5.74, 6) is 0.740. The fraction of sp³-hybridized carbons (Fsp3) is 0.939. The fourth-order valence-electron chi connectivity index (χ4n) is 7.28. The molecule has 0 aliphatic heterocycles. The SMILES string of the molecule is CCCCCCCCCCCCCCCCC(=O)OC[C@@H](COC(=O)CCCCCCCCCCCCC(C)C)OC(=O)CCCCCCCCCC(C)C. The highest BCUT2D eigenvalue weighted by Crippen LogP contribution is 2.17. The zero-order chi connectivity index (χ0) is 40.5. The average molecular weight is 779 g/mol. The molecule has 6 nitrogen and oxygen atoms in total. The van der Waals surface area contributed by atoms with E-state index in [2.05, 4.69) is 34.6 Å². The predicted octanol–water partition coefficient (Wildman–Crippen LogP) is 15.4. The van der Waals surface area contributed by atoms with Crippen LogP contribution in [0.3, 0.4) is 0 Å². The van der Waals surface area contributed by atoms with Crippen LogP contribution in [0.2, 0.25) is 0 Å². The second-order valence-corrected chi connectivity index (χ2v) is 17.7. The average Bonchev–Trinajstić information content (AvgIpc) is 3.15. The Kier molecular flexibility index (Phi) is 40.8. The van der Waals surface area contributed by atoms with Gasteiger partial charge in [-0.25, -0.2) is 0 Å². The number of unbranched alkanes of at least 4 members (excludes halogenated alkanes) is 28. The molecule has 0 spiro atoms. The van der Waals surface area contributed by atoms with E-state index < -0.39 is 6.10 Å². The Morgan fingerprint density at radius 2 is 0.600 bits per heavy atom. The monoisotopic (exact) mass is 779 g/mol. The van der Waals surface area contributed by atoms with Crippen LogP contribution in [0.4, 0.5) is 0 Å². The molecule has 0 unspecified atom stereocenters. The molecule has 55 heavy (non-hydrogen) atoms. The van der Waals surface area contributed by atoms with Crippen LogP contribution in [-0.2, 0) is 28.6 Å². The van der Waals surface area contributed by atoms with Gasteiger partial charge in [-0.05, 0) is 31.1 Å². The topological polar surface area (TPSA) is 78.9 Å². The molecule has 0 aliphatic rings. The number of rotatable bonds is 43. The summed E-state index contributed by atoms with van der Waals surface area (Å²) in [7, 11) is 0. The zero-order valence-corrected chi connectivity index (χ0v) is 37.6. The second-order valence-electron chi connectivity index (χ2n) is 17.7. The van der Waals surface area contributed by atoms with Crippen molar-refractivity contribution in [3.8, 4) is 0 Å². The lowest BCUT2D eigenvalue weighted by Crippen LogP contribution is -2.30. The summed E-state index contributed by atoms with van der Waals surface area (Å²) in [5, 5.41) is 0. The van der Waals surface area contributed by atoms with Gasteiger partial charge in [0.1, 0.15) is 13.2 Å². The molecule has 0 radical (unpaired) electrons. The number of hydrogen-bond acceptors (Lipinski definition) is 6. The van der Waals surface area contributed by atoms with Gasteiger partial charge in [-0.3, -0.25) is 14.4 Å². The van der Waals surface area contributed by atoms with E-state index in [-0.39, 0.29) is 31.1 Å². The third-order valence-corrected chi connectivity index (χ3v) is 11.0. The van der Waals surface area contributed by atoms with Crippen molar-refractivity contribution >= 4 is 17.9 Å². The molecule has 0 heterocycles. The number of carbonyl (C=O) groups excluding carboxylic acids is 3. The smallest absolute Gasteiger partial charge is 0.306 e. The first-order valence-electron chi connectivity index (χ1n) is 24.2. The van der Waals surface area contributed by atoms with Crippen LogP contribution in [0.1, 0.15) is 266 Å². The van der Waals surface area contributed by atoms with Gasteiger partial charge in [0.25, 0.3) is 0 Å². The molecule has 6 heteroatoms. The molecule has 0 saturated carbocycles. The summed E-state index contributed by atoms with van der Waals surface area (Å²) in [6.45, 7) is 11.3. The van der Waals surface area contributed by atoms with E-state index in [4.69, 9.17) is 14.2 Å². The Bertz CT molecular complexity index is 839. The van der Waals surface area contributed by atoms with Gasteiger partial charge in [0.2, 0.25) is 0 Å². The van der Waals surface area contributed by atoms with Crippen LogP contribution in [0, 0.1) is 11.8 Å². The summed E-state index contributed by atoms with van der Waals surface area (Å²) < 4.78 is 16.7. The summed E-state index contributed by atoms with van der Waals surface area (Å²) in [6, 6.07) is 0. The first-order valence-corrected chi connectivity index (χ1v) is 24.2. The maximum absolute atomic E-state index is 12.7. The maximum atomic E-state index is 12.7. The normalized spacial score (nSPS) is 12.1.